The molecule has 2 heterocycles. The van der Waals surface area contributed by atoms with Gasteiger partial charge in [-0.25, -0.2) is 4.79 Å². The molecule has 1 saturated heterocycles. The van der Waals surface area contributed by atoms with Crippen LogP contribution in [0.1, 0.15) is 12.5 Å². The van der Waals surface area contributed by atoms with E-state index in [1.165, 1.54) is 4.57 Å². The summed E-state index contributed by atoms with van der Waals surface area (Å²) in [5, 5.41) is 9.02. The lowest BCUT2D eigenvalue weighted by Crippen LogP contribution is -2.27. The van der Waals surface area contributed by atoms with E-state index in [4.69, 9.17) is 10.8 Å². The Balaban J connectivity index is 2.28. The van der Waals surface area contributed by atoms with Crippen molar-refractivity contribution in [2.45, 2.75) is 12.5 Å². The maximum absolute atomic E-state index is 11.9. The summed E-state index contributed by atoms with van der Waals surface area (Å²) in [4.78, 5) is 15.2. The van der Waals surface area contributed by atoms with Crippen molar-refractivity contribution in [1.29, 1.82) is 0 Å². The highest BCUT2D eigenvalue weighted by atomic mass is 31.2. The molecule has 0 bridgehead atoms. The second-order valence-corrected chi connectivity index (χ2v) is 7.30. The van der Waals surface area contributed by atoms with Crippen LogP contribution < -0.4 is 11.4 Å². The Kier molecular flexibility index (Phi) is 2.86. The maximum Gasteiger partial charge on any atom is 0.349 e. The minimum Gasteiger partial charge on any atom is -0.389 e. The van der Waals surface area contributed by atoms with Gasteiger partial charge in [-0.2, -0.15) is 4.98 Å². The minimum absolute atomic E-state index is 0.126. The molecule has 0 saturated carbocycles. The zero-order chi connectivity index (χ0) is 11.8. The van der Waals surface area contributed by atoms with E-state index in [1.807, 2.05) is 0 Å². The lowest BCUT2D eigenvalue weighted by Gasteiger charge is -2.12. The van der Waals surface area contributed by atoms with Crippen molar-refractivity contribution in [3.05, 3.63) is 22.7 Å². The van der Waals surface area contributed by atoms with E-state index in [0.29, 0.717) is 18.7 Å². The number of rotatable bonds is 2. The minimum atomic E-state index is -2.47. The van der Waals surface area contributed by atoms with Gasteiger partial charge in [0.1, 0.15) is 13.0 Å². The van der Waals surface area contributed by atoms with E-state index in [1.54, 1.807) is 12.3 Å². The Hall–Kier alpha value is -1.13. The smallest absolute Gasteiger partial charge is 0.349 e. The number of aromatic nitrogens is 2. The molecule has 1 aliphatic rings. The van der Waals surface area contributed by atoms with Crippen LogP contribution in [0.15, 0.2) is 17.1 Å². The van der Waals surface area contributed by atoms with Gasteiger partial charge >= 0.3 is 5.69 Å². The number of aliphatic hydroxyl groups is 1. The van der Waals surface area contributed by atoms with Crippen molar-refractivity contribution in [3.8, 4) is 0 Å². The summed E-state index contributed by atoms with van der Waals surface area (Å²) in [5.41, 5.74) is 4.97. The van der Waals surface area contributed by atoms with Crippen molar-refractivity contribution in [2.24, 2.45) is 0 Å². The zero-order valence-corrected chi connectivity index (χ0v) is 9.64. The first-order valence-corrected chi connectivity index (χ1v) is 7.33. The molecule has 0 aliphatic carbocycles. The number of aliphatic hydroxyl groups excluding tert-OH is 1. The van der Waals surface area contributed by atoms with Gasteiger partial charge in [0.05, 0.1) is 6.35 Å². The van der Waals surface area contributed by atoms with Crippen molar-refractivity contribution in [3.63, 3.8) is 0 Å². The van der Waals surface area contributed by atoms with Gasteiger partial charge in [0.15, 0.2) is 0 Å². The second kappa shape index (κ2) is 4.03. The summed E-state index contributed by atoms with van der Waals surface area (Å²) < 4.78 is 13.4. The average Bonchev–Trinajstić information content (AvgIpc) is 2.62. The molecule has 0 amide bonds. The van der Waals surface area contributed by atoms with Crippen molar-refractivity contribution >= 4 is 13.0 Å². The fourth-order valence-electron chi connectivity index (χ4n) is 2.01. The third-order valence-corrected chi connectivity index (χ3v) is 5.59. The van der Waals surface area contributed by atoms with Gasteiger partial charge in [-0.05, 0) is 12.5 Å². The van der Waals surface area contributed by atoms with Crippen molar-refractivity contribution in [2.75, 3.05) is 24.4 Å². The molecule has 1 aromatic heterocycles. The molecular formula is C9H14N3O3P. The molecule has 2 atom stereocenters. The lowest BCUT2D eigenvalue weighted by atomic mass is 10.2. The van der Waals surface area contributed by atoms with Crippen LogP contribution >= 0.6 is 7.14 Å². The molecule has 16 heavy (non-hydrogen) atoms. The van der Waals surface area contributed by atoms with Gasteiger partial charge in [0.25, 0.3) is 0 Å². The van der Waals surface area contributed by atoms with Crippen LogP contribution in [0.3, 0.4) is 0 Å². The Morgan fingerprint density at radius 1 is 1.69 bits per heavy atom. The zero-order valence-electron chi connectivity index (χ0n) is 8.74. The van der Waals surface area contributed by atoms with Crippen LogP contribution in [0.25, 0.3) is 0 Å². The van der Waals surface area contributed by atoms with Crippen LogP contribution in [0.2, 0.25) is 0 Å². The molecular weight excluding hydrogens is 229 g/mol. The highest BCUT2D eigenvalue weighted by molar-refractivity contribution is 7.64. The topological polar surface area (TPSA) is 98.2 Å². The van der Waals surface area contributed by atoms with E-state index >= 15 is 0 Å². The second-order valence-electron chi connectivity index (χ2n) is 4.09. The van der Waals surface area contributed by atoms with Crippen LogP contribution in [-0.2, 0) is 4.57 Å². The fourth-order valence-corrected chi connectivity index (χ4v) is 4.34. The number of nitrogens with zero attached hydrogens (tertiary/aromatic N) is 2. The first kappa shape index (κ1) is 11.4. The number of hydrogen-bond acceptors (Lipinski definition) is 5. The normalized spacial score (nSPS) is 29.4. The van der Waals surface area contributed by atoms with Crippen LogP contribution in [-0.4, -0.2) is 33.3 Å². The van der Waals surface area contributed by atoms with Gasteiger partial charge in [-0.3, -0.25) is 4.57 Å². The summed E-state index contributed by atoms with van der Waals surface area (Å²) in [6.45, 7) is 0. The van der Waals surface area contributed by atoms with Gasteiger partial charge in [-0.15, -0.1) is 0 Å². The quantitative estimate of drug-likeness (QED) is 0.717. The molecule has 0 radical (unpaired) electrons. The van der Waals surface area contributed by atoms with E-state index in [0.717, 1.165) is 0 Å². The molecule has 88 valence electrons. The van der Waals surface area contributed by atoms with Crippen LogP contribution in [0.4, 0.5) is 5.82 Å². The van der Waals surface area contributed by atoms with Gasteiger partial charge < -0.3 is 15.4 Å². The molecule has 6 nitrogen and oxygen atoms in total. The Morgan fingerprint density at radius 2 is 2.44 bits per heavy atom. The number of nitrogen functional groups attached to an aromatic ring is 1. The van der Waals surface area contributed by atoms with E-state index < -0.39 is 12.8 Å². The number of nitrogens with two attached hydrogens (primary N) is 1. The molecule has 2 rings (SSSR count). The largest absolute Gasteiger partial charge is 0.389 e. The van der Waals surface area contributed by atoms with Crippen molar-refractivity contribution < 1.29 is 9.67 Å². The molecule has 3 N–H and O–H groups in total. The molecule has 1 aliphatic heterocycles. The predicted molar refractivity (Wildman–Crippen MR) is 61.0 cm³/mol. The first-order chi connectivity index (χ1) is 7.54. The van der Waals surface area contributed by atoms with E-state index in [9.17, 15) is 9.36 Å². The number of hydrogen-bond donors (Lipinski definition) is 2. The molecule has 0 spiro atoms. The summed E-state index contributed by atoms with van der Waals surface area (Å²) in [5.74, 6) is 0.185. The highest BCUT2D eigenvalue weighted by Crippen LogP contribution is 2.54. The van der Waals surface area contributed by atoms with Crippen LogP contribution in [0.5, 0.6) is 0 Å². The first-order valence-electron chi connectivity index (χ1n) is 5.07. The van der Waals surface area contributed by atoms with Crippen LogP contribution in [0, 0.1) is 0 Å². The maximum atomic E-state index is 11.9. The Labute approximate surface area is 92.5 Å². The average molecular weight is 243 g/mol. The monoisotopic (exact) mass is 243 g/mol. The summed E-state index contributed by atoms with van der Waals surface area (Å²) in [6.07, 6.45) is 2.80. The van der Waals surface area contributed by atoms with Gasteiger partial charge in [0, 0.05) is 24.6 Å². The molecule has 1 unspecified atom stereocenters. The third kappa shape index (κ3) is 2.03. The highest BCUT2D eigenvalue weighted by Gasteiger charge is 2.34. The Bertz CT molecular complexity index is 499. The van der Waals surface area contributed by atoms with E-state index in [-0.39, 0.29) is 18.2 Å². The third-order valence-electron chi connectivity index (χ3n) is 2.92. The molecule has 1 fully saturated rings. The predicted octanol–water partition coefficient (Wildman–Crippen LogP) is 0.0832. The standard InChI is InChI=1S/C9H14N3O3P/c10-8-1-3-12(9(14)11-8)7-2-4-16(15,5-7)6-13/h1,3,7,13H,2,4-6H2,(H2,10,11,14)/t7-,16?/m1/s1. The molecule has 7 heteroatoms. The summed E-state index contributed by atoms with van der Waals surface area (Å²) >= 11 is 0. The Morgan fingerprint density at radius 3 is 3.00 bits per heavy atom. The van der Waals surface area contributed by atoms with Gasteiger partial charge in [-0.1, -0.05) is 0 Å². The summed E-state index contributed by atoms with van der Waals surface area (Å²) in [7, 11) is -2.47. The molecule has 1 aromatic rings. The summed E-state index contributed by atoms with van der Waals surface area (Å²) in [6, 6.07) is 1.42. The SMILES string of the molecule is Nc1ccn([C@@H]2CCP(=O)(CO)C2)c(=O)n1. The fraction of sp³-hybridized carbons (Fsp3) is 0.556. The van der Waals surface area contributed by atoms with Gasteiger partial charge in [0.2, 0.25) is 0 Å². The van der Waals surface area contributed by atoms with E-state index in [2.05, 4.69) is 4.98 Å². The lowest BCUT2D eigenvalue weighted by molar-refractivity contribution is 0.358. The van der Waals surface area contributed by atoms with Crippen molar-refractivity contribution in [1.82, 2.24) is 9.55 Å². The molecule has 0 aromatic carbocycles. The number of anilines is 1.